The molecule has 2 rings (SSSR count). The molecule has 0 aliphatic rings. The molecule has 5 nitrogen and oxygen atoms in total. The number of aryl methyl sites for hydroxylation is 1. The number of halogens is 6. The molecular weight excluding hydrogens is 444 g/mol. The van der Waals surface area contributed by atoms with E-state index in [9.17, 15) is 22.4 Å². The normalized spacial score (nSPS) is 11.9. The Bertz CT molecular complexity index is 838. The van der Waals surface area contributed by atoms with E-state index in [4.69, 9.17) is 11.6 Å². The maximum absolute atomic E-state index is 14.1. The smallest absolute Gasteiger partial charge is 0.267 e. The van der Waals surface area contributed by atoms with Crippen LogP contribution in [0.15, 0.2) is 22.7 Å². The van der Waals surface area contributed by atoms with Gasteiger partial charge in [0.15, 0.2) is 5.69 Å². The number of amides is 1. The summed E-state index contributed by atoms with van der Waals surface area (Å²) < 4.78 is 55.0. The number of benzene rings is 1. The lowest BCUT2D eigenvalue weighted by Crippen LogP contribution is -2.42. The van der Waals surface area contributed by atoms with Crippen molar-refractivity contribution in [2.24, 2.45) is 7.05 Å². The number of carbonyl (C=O) groups is 1. The Kier molecular flexibility index (Phi) is 5.99. The van der Waals surface area contributed by atoms with Gasteiger partial charge in [-0.15, -0.1) is 0 Å². The molecule has 0 unspecified atom stereocenters. The van der Waals surface area contributed by atoms with E-state index >= 15 is 0 Å². The zero-order valence-electron chi connectivity index (χ0n) is 13.9. The summed E-state index contributed by atoms with van der Waals surface area (Å²) in [6, 6.07) is 4.19. The van der Waals surface area contributed by atoms with Gasteiger partial charge in [-0.1, -0.05) is 33.6 Å². The lowest BCUT2D eigenvalue weighted by molar-refractivity contribution is -0.142. The van der Waals surface area contributed by atoms with Crippen molar-refractivity contribution >= 4 is 33.4 Å². The third kappa shape index (κ3) is 4.18. The summed E-state index contributed by atoms with van der Waals surface area (Å²) in [4.78, 5) is 12.8. The van der Waals surface area contributed by atoms with Gasteiger partial charge in [-0.05, 0) is 12.1 Å². The SMILES string of the molecule is CN(C)N(Cc1ccc(Br)cc1F)C(=O)c1c(C(F)(F)F)nn(C)c1Cl. The molecule has 0 radical (unpaired) electrons. The van der Waals surface area contributed by atoms with Crippen LogP contribution in [0, 0.1) is 5.82 Å². The van der Waals surface area contributed by atoms with Gasteiger partial charge >= 0.3 is 6.18 Å². The molecule has 0 saturated carbocycles. The first kappa shape index (κ1) is 20.7. The number of nitrogens with zero attached hydrogens (tertiary/aromatic N) is 4. The van der Waals surface area contributed by atoms with Gasteiger partial charge in [0.2, 0.25) is 0 Å². The molecule has 0 fully saturated rings. The maximum atomic E-state index is 14.1. The van der Waals surface area contributed by atoms with E-state index < -0.39 is 34.3 Å². The average Bonchev–Trinajstić information content (AvgIpc) is 2.81. The van der Waals surface area contributed by atoms with Crippen LogP contribution >= 0.6 is 27.5 Å². The summed E-state index contributed by atoms with van der Waals surface area (Å²) >= 11 is 8.99. The van der Waals surface area contributed by atoms with Crippen molar-refractivity contribution in [1.82, 2.24) is 19.8 Å². The Morgan fingerprint density at radius 2 is 1.96 bits per heavy atom. The second-order valence-corrected chi connectivity index (χ2v) is 6.86. The Morgan fingerprint density at radius 3 is 2.46 bits per heavy atom. The highest BCUT2D eigenvalue weighted by atomic mass is 79.9. The van der Waals surface area contributed by atoms with Crippen molar-refractivity contribution in [2.45, 2.75) is 12.7 Å². The van der Waals surface area contributed by atoms with Gasteiger partial charge in [-0.3, -0.25) is 14.5 Å². The van der Waals surface area contributed by atoms with Crippen LogP contribution in [0.2, 0.25) is 5.15 Å². The van der Waals surface area contributed by atoms with Crippen LogP contribution in [-0.2, 0) is 19.8 Å². The zero-order chi connectivity index (χ0) is 19.8. The fourth-order valence-corrected chi connectivity index (χ4v) is 2.77. The molecule has 26 heavy (non-hydrogen) atoms. The van der Waals surface area contributed by atoms with Gasteiger partial charge in [0, 0.05) is 31.2 Å². The first-order chi connectivity index (χ1) is 11.9. The number of carbonyl (C=O) groups excluding carboxylic acids is 1. The van der Waals surface area contributed by atoms with Crippen molar-refractivity contribution in [3.05, 3.63) is 50.5 Å². The molecule has 0 atom stereocenters. The first-order valence-electron chi connectivity index (χ1n) is 7.16. The van der Waals surface area contributed by atoms with Crippen molar-refractivity contribution in [3.63, 3.8) is 0 Å². The minimum Gasteiger partial charge on any atom is -0.267 e. The first-order valence-corrected chi connectivity index (χ1v) is 8.33. The molecule has 0 N–H and O–H groups in total. The molecule has 1 aromatic heterocycles. The largest absolute Gasteiger partial charge is 0.436 e. The van der Waals surface area contributed by atoms with Gasteiger partial charge in [0.25, 0.3) is 5.91 Å². The van der Waals surface area contributed by atoms with Gasteiger partial charge in [0.1, 0.15) is 16.5 Å². The van der Waals surface area contributed by atoms with Crippen LogP contribution in [0.25, 0.3) is 0 Å². The second kappa shape index (κ2) is 7.53. The molecule has 0 aliphatic carbocycles. The Labute approximate surface area is 160 Å². The molecule has 0 saturated heterocycles. The van der Waals surface area contributed by atoms with Crippen LogP contribution in [0.4, 0.5) is 17.6 Å². The number of hydrogen-bond acceptors (Lipinski definition) is 3. The number of alkyl halides is 3. The van der Waals surface area contributed by atoms with Crippen LogP contribution in [-0.4, -0.2) is 39.8 Å². The molecule has 1 aromatic carbocycles. The van der Waals surface area contributed by atoms with Crippen LogP contribution in [0.3, 0.4) is 0 Å². The van der Waals surface area contributed by atoms with E-state index in [-0.39, 0.29) is 12.1 Å². The molecule has 0 spiro atoms. The minimum absolute atomic E-state index is 0.129. The molecule has 11 heteroatoms. The summed E-state index contributed by atoms with van der Waals surface area (Å²) in [5.41, 5.74) is -2.05. The molecular formula is C15H14BrClF4N4O. The van der Waals surface area contributed by atoms with Gasteiger partial charge in [-0.25, -0.2) is 9.40 Å². The van der Waals surface area contributed by atoms with Crippen molar-refractivity contribution < 1.29 is 22.4 Å². The van der Waals surface area contributed by atoms with E-state index in [0.29, 0.717) is 4.47 Å². The summed E-state index contributed by atoms with van der Waals surface area (Å²) in [6.45, 7) is -0.284. The molecule has 0 aliphatic heterocycles. The highest BCUT2D eigenvalue weighted by Crippen LogP contribution is 2.35. The average molecular weight is 458 g/mol. The summed E-state index contributed by atoms with van der Waals surface area (Å²) in [7, 11) is 4.10. The summed E-state index contributed by atoms with van der Waals surface area (Å²) in [6.07, 6.45) is -4.86. The van der Waals surface area contributed by atoms with Crippen LogP contribution < -0.4 is 0 Å². The topological polar surface area (TPSA) is 41.4 Å². The highest BCUT2D eigenvalue weighted by Gasteiger charge is 2.42. The molecule has 1 amide bonds. The Morgan fingerprint density at radius 1 is 1.35 bits per heavy atom. The third-order valence-corrected chi connectivity index (χ3v) is 4.44. The molecule has 1 heterocycles. The fourth-order valence-electron chi connectivity index (χ4n) is 2.23. The Balaban J connectivity index is 2.47. The third-order valence-electron chi connectivity index (χ3n) is 3.51. The molecule has 0 bridgehead atoms. The lowest BCUT2D eigenvalue weighted by atomic mass is 10.1. The van der Waals surface area contributed by atoms with E-state index in [1.807, 2.05) is 0 Å². The highest BCUT2D eigenvalue weighted by molar-refractivity contribution is 9.10. The molecule has 2 aromatic rings. The van der Waals surface area contributed by atoms with Crippen molar-refractivity contribution in [2.75, 3.05) is 14.1 Å². The van der Waals surface area contributed by atoms with Crippen LogP contribution in [0.5, 0.6) is 0 Å². The number of hydrazine groups is 1. The number of rotatable bonds is 4. The number of hydrogen-bond donors (Lipinski definition) is 0. The standard InChI is InChI=1S/C15H14BrClF4N4O/c1-23(2)25(7-8-4-5-9(16)6-10(8)18)14(26)11-12(15(19,20)21)22-24(3)13(11)17/h4-6H,7H2,1-3H3. The van der Waals surface area contributed by atoms with Gasteiger partial charge in [0.05, 0.1) is 6.54 Å². The second-order valence-electron chi connectivity index (χ2n) is 5.58. The summed E-state index contributed by atoms with van der Waals surface area (Å²) in [5.74, 6) is -1.64. The van der Waals surface area contributed by atoms with E-state index in [0.717, 1.165) is 9.69 Å². The van der Waals surface area contributed by atoms with Crippen molar-refractivity contribution in [3.8, 4) is 0 Å². The van der Waals surface area contributed by atoms with Gasteiger partial charge in [-0.2, -0.15) is 18.3 Å². The quantitative estimate of drug-likeness (QED) is 0.512. The maximum Gasteiger partial charge on any atom is 0.436 e. The zero-order valence-corrected chi connectivity index (χ0v) is 16.2. The number of aromatic nitrogens is 2. The van der Waals surface area contributed by atoms with E-state index in [1.165, 1.54) is 38.3 Å². The predicted molar refractivity (Wildman–Crippen MR) is 90.9 cm³/mol. The van der Waals surface area contributed by atoms with E-state index in [2.05, 4.69) is 21.0 Å². The summed E-state index contributed by atoms with van der Waals surface area (Å²) in [5, 5.41) is 5.05. The van der Waals surface area contributed by atoms with Crippen molar-refractivity contribution in [1.29, 1.82) is 0 Å². The van der Waals surface area contributed by atoms with Gasteiger partial charge < -0.3 is 0 Å². The molecule has 142 valence electrons. The monoisotopic (exact) mass is 456 g/mol. The fraction of sp³-hybridized carbons (Fsp3) is 0.333. The predicted octanol–water partition coefficient (Wildman–Crippen LogP) is 4.11. The minimum atomic E-state index is -4.86. The van der Waals surface area contributed by atoms with E-state index in [1.54, 1.807) is 6.07 Å². The Hall–Kier alpha value is -1.65. The van der Waals surface area contributed by atoms with Crippen LogP contribution in [0.1, 0.15) is 21.6 Å². The lowest BCUT2D eigenvalue weighted by Gasteiger charge is -2.29.